The van der Waals surface area contributed by atoms with Crippen molar-refractivity contribution in [1.82, 2.24) is 0 Å². The van der Waals surface area contributed by atoms with Crippen LogP contribution in [0.5, 0.6) is 5.75 Å². The van der Waals surface area contributed by atoms with Gasteiger partial charge in [0.25, 0.3) is 0 Å². The third-order valence-corrected chi connectivity index (χ3v) is 2.33. The lowest BCUT2D eigenvalue weighted by atomic mass is 10.2. The van der Waals surface area contributed by atoms with Gasteiger partial charge < -0.3 is 10.1 Å². The number of anilines is 2. The van der Waals surface area contributed by atoms with Gasteiger partial charge in [-0.3, -0.25) is 0 Å². The highest BCUT2D eigenvalue weighted by molar-refractivity contribution is 5.66. The van der Waals surface area contributed by atoms with Crippen LogP contribution in [0, 0.1) is 11.6 Å². The Balaban J connectivity index is 2.38. The van der Waals surface area contributed by atoms with Crippen LogP contribution in [-0.2, 0) is 0 Å². The number of para-hydroxylation sites is 3. The van der Waals surface area contributed by atoms with Crippen LogP contribution in [0.2, 0.25) is 0 Å². The molecule has 0 spiro atoms. The first kappa shape index (κ1) is 11.4. The Hall–Kier alpha value is -2.10. The number of benzene rings is 2. The van der Waals surface area contributed by atoms with Crippen LogP contribution in [0.15, 0.2) is 42.5 Å². The molecule has 88 valence electrons. The number of rotatable bonds is 3. The Morgan fingerprint density at radius 1 is 0.941 bits per heavy atom. The van der Waals surface area contributed by atoms with Gasteiger partial charge >= 0.3 is 0 Å². The molecule has 1 N–H and O–H groups in total. The second kappa shape index (κ2) is 4.82. The maximum absolute atomic E-state index is 13.4. The smallest absolute Gasteiger partial charge is 0.149 e. The molecule has 0 fully saturated rings. The highest BCUT2D eigenvalue weighted by atomic mass is 19.1. The second-order valence-electron chi connectivity index (χ2n) is 3.42. The molecule has 17 heavy (non-hydrogen) atoms. The first-order valence-electron chi connectivity index (χ1n) is 5.06. The van der Waals surface area contributed by atoms with Crippen molar-refractivity contribution < 1.29 is 13.5 Å². The van der Waals surface area contributed by atoms with Crippen LogP contribution >= 0.6 is 0 Å². The predicted molar refractivity (Wildman–Crippen MR) is 62.6 cm³/mol. The normalized spacial score (nSPS) is 10.1. The van der Waals surface area contributed by atoms with Crippen molar-refractivity contribution in [3.05, 3.63) is 54.1 Å². The van der Waals surface area contributed by atoms with Gasteiger partial charge in [-0.05, 0) is 24.3 Å². The number of hydrogen-bond acceptors (Lipinski definition) is 2. The van der Waals surface area contributed by atoms with Crippen LogP contribution in [0.4, 0.5) is 20.2 Å². The van der Waals surface area contributed by atoms with E-state index in [2.05, 4.69) is 5.32 Å². The maximum Gasteiger partial charge on any atom is 0.149 e. The summed E-state index contributed by atoms with van der Waals surface area (Å²) >= 11 is 0. The second-order valence-corrected chi connectivity index (χ2v) is 3.42. The van der Waals surface area contributed by atoms with Crippen molar-refractivity contribution in [2.45, 2.75) is 0 Å². The van der Waals surface area contributed by atoms with Gasteiger partial charge in [0.2, 0.25) is 0 Å². The standard InChI is InChI=1S/C13H11F2NO/c1-17-12-8-3-2-7-11(12)16-13-9(14)5-4-6-10(13)15/h2-8,16H,1H3. The van der Waals surface area contributed by atoms with Gasteiger partial charge in [0.05, 0.1) is 12.8 Å². The van der Waals surface area contributed by atoms with Crippen LogP contribution < -0.4 is 10.1 Å². The molecule has 2 rings (SSSR count). The third-order valence-electron chi connectivity index (χ3n) is 2.33. The van der Waals surface area contributed by atoms with Crippen molar-refractivity contribution in [3.8, 4) is 5.75 Å². The molecule has 0 atom stereocenters. The van der Waals surface area contributed by atoms with Crippen LogP contribution in [0.25, 0.3) is 0 Å². The Bertz CT molecular complexity index is 508. The monoisotopic (exact) mass is 235 g/mol. The van der Waals surface area contributed by atoms with Crippen molar-refractivity contribution in [3.63, 3.8) is 0 Å². The average Bonchev–Trinajstić information content (AvgIpc) is 2.34. The fourth-order valence-corrected chi connectivity index (χ4v) is 1.50. The number of halogens is 2. The fourth-order valence-electron chi connectivity index (χ4n) is 1.50. The highest BCUT2D eigenvalue weighted by Gasteiger charge is 2.10. The van der Waals surface area contributed by atoms with E-state index in [-0.39, 0.29) is 5.69 Å². The zero-order valence-electron chi connectivity index (χ0n) is 9.21. The van der Waals surface area contributed by atoms with Gasteiger partial charge in [-0.1, -0.05) is 18.2 Å². The van der Waals surface area contributed by atoms with E-state index in [1.807, 2.05) is 0 Å². The maximum atomic E-state index is 13.4. The van der Waals surface area contributed by atoms with Crippen LogP contribution in [0.1, 0.15) is 0 Å². The lowest BCUT2D eigenvalue weighted by molar-refractivity contribution is 0.416. The molecule has 0 saturated heterocycles. The average molecular weight is 235 g/mol. The van der Waals surface area contributed by atoms with E-state index >= 15 is 0 Å². The van der Waals surface area contributed by atoms with E-state index in [9.17, 15) is 8.78 Å². The summed E-state index contributed by atoms with van der Waals surface area (Å²) in [6.07, 6.45) is 0. The van der Waals surface area contributed by atoms with Gasteiger partial charge in [0, 0.05) is 0 Å². The Kier molecular flexibility index (Phi) is 3.23. The van der Waals surface area contributed by atoms with Gasteiger partial charge in [-0.25, -0.2) is 8.78 Å². The molecule has 2 nitrogen and oxygen atoms in total. The largest absolute Gasteiger partial charge is 0.495 e. The van der Waals surface area contributed by atoms with E-state index < -0.39 is 11.6 Å². The topological polar surface area (TPSA) is 21.3 Å². The molecule has 0 unspecified atom stereocenters. The summed E-state index contributed by atoms with van der Waals surface area (Å²) < 4.78 is 31.9. The first-order valence-corrected chi connectivity index (χ1v) is 5.06. The summed E-state index contributed by atoms with van der Waals surface area (Å²) in [6, 6.07) is 10.6. The number of methoxy groups -OCH3 is 1. The molecule has 0 radical (unpaired) electrons. The molecule has 2 aromatic carbocycles. The molecular weight excluding hydrogens is 224 g/mol. The molecule has 0 amide bonds. The zero-order chi connectivity index (χ0) is 12.3. The van der Waals surface area contributed by atoms with Crippen LogP contribution in [-0.4, -0.2) is 7.11 Å². The van der Waals surface area contributed by atoms with Crippen LogP contribution in [0.3, 0.4) is 0 Å². The first-order chi connectivity index (χ1) is 8.22. The van der Waals surface area contributed by atoms with Gasteiger partial charge in [0.1, 0.15) is 23.1 Å². The fraction of sp³-hybridized carbons (Fsp3) is 0.0769. The molecule has 0 aliphatic carbocycles. The Morgan fingerprint density at radius 2 is 1.59 bits per heavy atom. The van der Waals surface area contributed by atoms with Crippen molar-refractivity contribution in [2.75, 3.05) is 12.4 Å². The molecule has 4 heteroatoms. The van der Waals surface area contributed by atoms with Gasteiger partial charge in [-0.2, -0.15) is 0 Å². The lowest BCUT2D eigenvalue weighted by Crippen LogP contribution is -1.99. The SMILES string of the molecule is COc1ccccc1Nc1c(F)cccc1F. The minimum absolute atomic E-state index is 0.183. The molecule has 0 aliphatic rings. The third kappa shape index (κ3) is 2.36. The van der Waals surface area contributed by atoms with Crippen molar-refractivity contribution in [1.29, 1.82) is 0 Å². The van der Waals surface area contributed by atoms with E-state index in [1.165, 1.54) is 25.3 Å². The summed E-state index contributed by atoms with van der Waals surface area (Å²) in [5.74, 6) is -0.762. The molecule has 0 saturated carbocycles. The minimum Gasteiger partial charge on any atom is -0.495 e. The number of nitrogens with one attached hydrogen (secondary N) is 1. The zero-order valence-corrected chi connectivity index (χ0v) is 9.21. The Morgan fingerprint density at radius 3 is 2.24 bits per heavy atom. The summed E-state index contributed by atoms with van der Waals surface area (Å²) in [4.78, 5) is 0. The predicted octanol–water partition coefficient (Wildman–Crippen LogP) is 3.72. The summed E-state index contributed by atoms with van der Waals surface area (Å²) in [5, 5.41) is 2.68. The van der Waals surface area contributed by atoms with Crippen molar-refractivity contribution in [2.24, 2.45) is 0 Å². The Labute approximate surface area is 97.8 Å². The molecule has 0 aromatic heterocycles. The summed E-state index contributed by atoms with van der Waals surface area (Å²) in [7, 11) is 1.50. The molecule has 0 aliphatic heterocycles. The number of ether oxygens (including phenoxy) is 1. The van der Waals surface area contributed by atoms with Gasteiger partial charge in [0.15, 0.2) is 0 Å². The molecule has 2 aromatic rings. The molecule has 0 heterocycles. The summed E-state index contributed by atoms with van der Waals surface area (Å²) in [5.41, 5.74) is 0.330. The molecular formula is C13H11F2NO. The van der Waals surface area contributed by atoms with E-state index in [1.54, 1.807) is 24.3 Å². The number of hydrogen-bond donors (Lipinski definition) is 1. The highest BCUT2D eigenvalue weighted by Crippen LogP contribution is 2.29. The van der Waals surface area contributed by atoms with Crippen molar-refractivity contribution >= 4 is 11.4 Å². The van der Waals surface area contributed by atoms with E-state index in [4.69, 9.17) is 4.74 Å². The van der Waals surface area contributed by atoms with E-state index in [0.717, 1.165) is 0 Å². The molecule has 0 bridgehead atoms. The summed E-state index contributed by atoms with van der Waals surface area (Å²) in [6.45, 7) is 0. The lowest BCUT2D eigenvalue weighted by Gasteiger charge is -2.11. The van der Waals surface area contributed by atoms with Gasteiger partial charge in [-0.15, -0.1) is 0 Å². The minimum atomic E-state index is -0.643. The quantitative estimate of drug-likeness (QED) is 0.875. The van der Waals surface area contributed by atoms with E-state index in [0.29, 0.717) is 11.4 Å².